The van der Waals surface area contributed by atoms with Crippen molar-refractivity contribution in [3.05, 3.63) is 58.1 Å². The summed E-state index contributed by atoms with van der Waals surface area (Å²) in [6.45, 7) is 1.46. The number of carbonyl (C=O) groups is 2. The molecule has 0 saturated heterocycles. The van der Waals surface area contributed by atoms with Crippen molar-refractivity contribution in [1.82, 2.24) is 25.9 Å². The second-order valence-electron chi connectivity index (χ2n) is 6.53. The van der Waals surface area contributed by atoms with Crippen molar-refractivity contribution in [1.29, 1.82) is 0 Å². The number of hydrogen-bond donors (Lipinski definition) is 4. The van der Waals surface area contributed by atoms with Gasteiger partial charge in [-0.25, -0.2) is 0 Å². The predicted molar refractivity (Wildman–Crippen MR) is 112 cm³/mol. The van der Waals surface area contributed by atoms with Gasteiger partial charge in [0.15, 0.2) is 0 Å². The minimum Gasteiger partial charge on any atom is -0.480 e. The number of nitrogens with one attached hydrogen (secondary N) is 3. The van der Waals surface area contributed by atoms with Crippen LogP contribution in [0.5, 0.6) is 0 Å². The van der Waals surface area contributed by atoms with Crippen LogP contribution in [0.25, 0.3) is 11.1 Å². The maximum atomic E-state index is 12.6. The third-order valence-electron chi connectivity index (χ3n) is 4.35. The highest BCUT2D eigenvalue weighted by molar-refractivity contribution is 6.35. The second kappa shape index (κ2) is 9.66. The van der Waals surface area contributed by atoms with E-state index in [-0.39, 0.29) is 12.4 Å². The maximum absolute atomic E-state index is 12.6. The summed E-state index contributed by atoms with van der Waals surface area (Å²) >= 11 is 12.3. The van der Waals surface area contributed by atoms with Crippen LogP contribution in [0, 0.1) is 0 Å². The van der Waals surface area contributed by atoms with Crippen LogP contribution in [0.1, 0.15) is 12.5 Å². The Morgan fingerprint density at radius 2 is 1.90 bits per heavy atom. The number of nitrogens with zero attached hydrogens (tertiary/aromatic N) is 3. The third kappa shape index (κ3) is 5.53. The van der Waals surface area contributed by atoms with E-state index in [0.29, 0.717) is 10.0 Å². The van der Waals surface area contributed by atoms with Gasteiger partial charge in [0.05, 0.1) is 6.04 Å². The van der Waals surface area contributed by atoms with Crippen molar-refractivity contribution in [2.75, 3.05) is 5.32 Å². The lowest BCUT2D eigenvalue weighted by molar-refractivity contribution is -0.139. The van der Waals surface area contributed by atoms with Crippen LogP contribution in [-0.2, 0) is 16.0 Å². The Kier molecular flexibility index (Phi) is 6.99. The van der Waals surface area contributed by atoms with Crippen LogP contribution in [0.2, 0.25) is 10.0 Å². The molecule has 0 aliphatic heterocycles. The summed E-state index contributed by atoms with van der Waals surface area (Å²) in [7, 11) is 0. The number of rotatable bonds is 8. The Morgan fingerprint density at radius 3 is 2.53 bits per heavy atom. The van der Waals surface area contributed by atoms with Gasteiger partial charge >= 0.3 is 5.97 Å². The molecule has 3 rings (SSSR count). The number of aromatic nitrogens is 4. The summed E-state index contributed by atoms with van der Waals surface area (Å²) in [4.78, 5) is 23.9. The van der Waals surface area contributed by atoms with Crippen molar-refractivity contribution < 1.29 is 14.7 Å². The minimum absolute atomic E-state index is 0.000671. The lowest BCUT2D eigenvalue weighted by Crippen LogP contribution is -2.49. The van der Waals surface area contributed by atoms with Crippen LogP contribution in [-0.4, -0.2) is 49.7 Å². The van der Waals surface area contributed by atoms with E-state index in [9.17, 15) is 14.7 Å². The molecule has 1 heterocycles. The van der Waals surface area contributed by atoms with E-state index in [2.05, 4.69) is 31.3 Å². The van der Waals surface area contributed by atoms with Crippen LogP contribution in [0.3, 0.4) is 0 Å². The molecule has 0 unspecified atom stereocenters. The number of H-pyrrole nitrogens is 1. The Balaban J connectivity index is 1.78. The van der Waals surface area contributed by atoms with Crippen LogP contribution in [0.15, 0.2) is 42.5 Å². The number of carbonyl (C=O) groups excluding carboxylic acids is 1. The molecular weight excluding hydrogens is 431 g/mol. The molecule has 0 bridgehead atoms. The summed E-state index contributed by atoms with van der Waals surface area (Å²) in [5, 5.41) is 28.6. The van der Waals surface area contributed by atoms with Crippen molar-refractivity contribution >= 4 is 41.0 Å². The van der Waals surface area contributed by atoms with E-state index >= 15 is 0 Å². The molecule has 0 saturated carbocycles. The first-order chi connectivity index (χ1) is 14.3. The van der Waals surface area contributed by atoms with Gasteiger partial charge in [0.25, 0.3) is 5.95 Å². The summed E-state index contributed by atoms with van der Waals surface area (Å²) in [6, 6.07) is 10.8. The number of anilines is 1. The predicted octanol–water partition coefficient (Wildman–Crippen LogP) is 2.79. The van der Waals surface area contributed by atoms with Crippen LogP contribution in [0.4, 0.5) is 5.95 Å². The van der Waals surface area contributed by atoms with Crippen molar-refractivity contribution in [3.8, 4) is 11.1 Å². The molecule has 0 spiro atoms. The Hall–Kier alpha value is -3.01. The number of aromatic amines is 1. The van der Waals surface area contributed by atoms with Gasteiger partial charge in [0, 0.05) is 15.6 Å². The molecule has 2 atom stereocenters. The quantitative estimate of drug-likeness (QED) is 0.416. The molecule has 2 aromatic carbocycles. The smallest absolute Gasteiger partial charge is 0.320 e. The first-order valence-electron chi connectivity index (χ1n) is 8.91. The molecule has 0 fully saturated rings. The van der Waals surface area contributed by atoms with Gasteiger partial charge in [-0.3, -0.25) is 20.2 Å². The summed E-state index contributed by atoms with van der Waals surface area (Å²) in [5.41, 5.74) is 2.47. The second-order valence-corrected chi connectivity index (χ2v) is 7.37. The van der Waals surface area contributed by atoms with E-state index in [1.54, 1.807) is 18.2 Å². The molecule has 3 aromatic rings. The highest BCUT2D eigenvalue weighted by Gasteiger charge is 2.24. The highest BCUT2D eigenvalue weighted by atomic mass is 35.5. The first-order valence-corrected chi connectivity index (χ1v) is 9.66. The lowest BCUT2D eigenvalue weighted by atomic mass is 10.00. The molecule has 1 aromatic heterocycles. The van der Waals surface area contributed by atoms with Crippen molar-refractivity contribution in [2.45, 2.75) is 25.4 Å². The zero-order valence-electron chi connectivity index (χ0n) is 15.8. The van der Waals surface area contributed by atoms with E-state index in [1.807, 2.05) is 24.3 Å². The molecule has 11 heteroatoms. The summed E-state index contributed by atoms with van der Waals surface area (Å²) in [5.74, 6) is -1.55. The van der Waals surface area contributed by atoms with Crippen molar-refractivity contribution in [2.24, 2.45) is 0 Å². The Morgan fingerprint density at radius 1 is 1.17 bits per heavy atom. The van der Waals surface area contributed by atoms with E-state index in [4.69, 9.17) is 23.2 Å². The zero-order valence-corrected chi connectivity index (χ0v) is 17.3. The van der Waals surface area contributed by atoms with Gasteiger partial charge in [-0.15, -0.1) is 5.10 Å². The molecule has 30 heavy (non-hydrogen) atoms. The largest absolute Gasteiger partial charge is 0.480 e. The van der Waals surface area contributed by atoms with Crippen LogP contribution >= 0.6 is 23.2 Å². The zero-order chi connectivity index (χ0) is 21.7. The normalized spacial score (nSPS) is 12.9. The molecular formula is C19H18Cl2N6O3. The fraction of sp³-hybridized carbons (Fsp3) is 0.211. The molecule has 9 nitrogen and oxygen atoms in total. The fourth-order valence-electron chi connectivity index (χ4n) is 2.79. The van der Waals surface area contributed by atoms with E-state index < -0.39 is 24.0 Å². The summed E-state index contributed by atoms with van der Waals surface area (Å²) < 4.78 is 0. The number of benzene rings is 2. The minimum atomic E-state index is -1.07. The number of halogens is 2. The van der Waals surface area contributed by atoms with Gasteiger partial charge in [-0.1, -0.05) is 52.6 Å². The van der Waals surface area contributed by atoms with Crippen LogP contribution < -0.4 is 10.6 Å². The topological polar surface area (TPSA) is 133 Å². The molecule has 0 aliphatic rings. The number of tetrazole rings is 1. The van der Waals surface area contributed by atoms with E-state index in [0.717, 1.165) is 16.7 Å². The highest BCUT2D eigenvalue weighted by Crippen LogP contribution is 2.30. The molecule has 0 radical (unpaired) electrons. The Labute approximate surface area is 181 Å². The molecule has 1 amide bonds. The van der Waals surface area contributed by atoms with Gasteiger partial charge in [-0.2, -0.15) is 5.21 Å². The SMILES string of the molecule is C[C@H](N[C@H](Cc1ccc(-c2cc(Cl)ccc2Cl)cc1)C(=O)Nc1nn[nH]n1)C(=O)O. The van der Waals surface area contributed by atoms with Gasteiger partial charge in [0.1, 0.15) is 6.04 Å². The standard InChI is InChI=1S/C19H18Cl2N6O3/c1-10(18(29)30)22-16(17(28)23-19-24-26-27-25-19)8-11-2-4-12(5-3-11)14-9-13(20)6-7-15(14)21/h2-7,9-10,16,22H,8H2,1H3,(H,29,30)(H2,23,24,25,26,27,28)/t10-,16+/m0/s1. The van der Waals surface area contributed by atoms with Crippen molar-refractivity contribution in [3.63, 3.8) is 0 Å². The van der Waals surface area contributed by atoms with E-state index in [1.165, 1.54) is 6.92 Å². The number of carboxylic acids is 1. The first kappa shape index (κ1) is 21.7. The molecule has 156 valence electrons. The van der Waals surface area contributed by atoms with Gasteiger partial charge in [0.2, 0.25) is 5.91 Å². The molecule has 4 N–H and O–H groups in total. The lowest BCUT2D eigenvalue weighted by Gasteiger charge is -2.20. The van der Waals surface area contributed by atoms with Gasteiger partial charge in [-0.05, 0) is 47.9 Å². The number of carboxylic acid groups (broad SMARTS) is 1. The maximum Gasteiger partial charge on any atom is 0.320 e. The molecule has 0 aliphatic carbocycles. The average Bonchev–Trinajstić information content (AvgIpc) is 3.22. The summed E-state index contributed by atoms with van der Waals surface area (Å²) in [6.07, 6.45) is 0.241. The number of aliphatic carboxylic acids is 1. The Bertz CT molecular complexity index is 1030. The van der Waals surface area contributed by atoms with Gasteiger partial charge < -0.3 is 5.11 Å². The third-order valence-corrected chi connectivity index (χ3v) is 4.92. The number of hydrogen-bond acceptors (Lipinski definition) is 6. The monoisotopic (exact) mass is 448 g/mol. The fourth-order valence-corrected chi connectivity index (χ4v) is 3.19. The number of amides is 1. The average molecular weight is 449 g/mol.